The van der Waals surface area contributed by atoms with Crippen molar-refractivity contribution in [1.29, 1.82) is 0 Å². The number of amides is 2. The molecule has 4 rings (SSSR count). The van der Waals surface area contributed by atoms with Gasteiger partial charge in [0.1, 0.15) is 12.1 Å². The maximum atomic E-state index is 12.7. The van der Waals surface area contributed by atoms with Crippen molar-refractivity contribution in [1.82, 2.24) is 9.99 Å². The van der Waals surface area contributed by atoms with Crippen molar-refractivity contribution in [3.05, 3.63) is 71.9 Å². The van der Waals surface area contributed by atoms with Crippen LogP contribution in [0.5, 0.6) is 0 Å². The standard InChI is InChI=1S/C20H15N3O4/c24-18(25)12-22-11-13(15-8-4-5-9-17(15)22)10-16-19(26)21-23(20(16)27)14-6-2-1-3-7-14/h1-11H,12H2,(H,21,26)(H,24,25)/b16-10-. The molecule has 3 aromatic rings. The first-order chi connectivity index (χ1) is 13.0. The summed E-state index contributed by atoms with van der Waals surface area (Å²) in [7, 11) is 0. The molecule has 1 fully saturated rings. The number of nitrogens with zero attached hydrogens (tertiary/aromatic N) is 2. The van der Waals surface area contributed by atoms with Gasteiger partial charge in [-0.1, -0.05) is 36.4 Å². The van der Waals surface area contributed by atoms with Crippen molar-refractivity contribution < 1.29 is 19.5 Å². The minimum atomic E-state index is -0.972. The van der Waals surface area contributed by atoms with Crippen molar-refractivity contribution >= 4 is 40.4 Å². The highest BCUT2D eigenvalue weighted by molar-refractivity contribution is 6.32. The summed E-state index contributed by atoms with van der Waals surface area (Å²) in [5, 5.41) is 11.1. The molecule has 2 N–H and O–H groups in total. The van der Waals surface area contributed by atoms with E-state index in [-0.39, 0.29) is 12.1 Å². The molecule has 0 saturated carbocycles. The number of nitrogens with one attached hydrogen (secondary N) is 1. The van der Waals surface area contributed by atoms with Gasteiger partial charge in [0.05, 0.1) is 5.69 Å². The van der Waals surface area contributed by atoms with E-state index in [1.54, 1.807) is 41.1 Å². The summed E-state index contributed by atoms with van der Waals surface area (Å²) >= 11 is 0. The van der Waals surface area contributed by atoms with E-state index in [0.717, 1.165) is 10.9 Å². The zero-order chi connectivity index (χ0) is 19.0. The van der Waals surface area contributed by atoms with Crippen molar-refractivity contribution in [3.8, 4) is 0 Å². The highest BCUT2D eigenvalue weighted by Crippen LogP contribution is 2.26. The molecule has 0 atom stereocenters. The Kier molecular flexibility index (Phi) is 3.97. The van der Waals surface area contributed by atoms with Crippen molar-refractivity contribution in [2.75, 3.05) is 5.01 Å². The van der Waals surface area contributed by atoms with E-state index in [4.69, 9.17) is 5.11 Å². The number of carbonyl (C=O) groups is 3. The van der Waals surface area contributed by atoms with Crippen molar-refractivity contribution in [3.63, 3.8) is 0 Å². The average molecular weight is 361 g/mol. The Bertz CT molecular complexity index is 1100. The Balaban J connectivity index is 1.76. The zero-order valence-electron chi connectivity index (χ0n) is 14.1. The Hall–Kier alpha value is -3.87. The van der Waals surface area contributed by atoms with E-state index in [0.29, 0.717) is 11.3 Å². The normalized spacial score (nSPS) is 15.6. The summed E-state index contributed by atoms with van der Waals surface area (Å²) < 4.78 is 1.58. The zero-order valence-corrected chi connectivity index (χ0v) is 14.1. The maximum absolute atomic E-state index is 12.7. The van der Waals surface area contributed by atoms with E-state index in [1.165, 1.54) is 11.1 Å². The maximum Gasteiger partial charge on any atom is 0.323 e. The lowest BCUT2D eigenvalue weighted by Gasteiger charge is -2.13. The summed E-state index contributed by atoms with van der Waals surface area (Å²) in [5.74, 6) is -1.93. The number of fused-ring (bicyclic) bond motifs is 1. The van der Waals surface area contributed by atoms with Gasteiger partial charge in [0.15, 0.2) is 0 Å². The number of aliphatic carboxylic acids is 1. The highest BCUT2D eigenvalue weighted by atomic mass is 16.4. The number of para-hydroxylation sites is 2. The van der Waals surface area contributed by atoms with Crippen LogP contribution in [-0.4, -0.2) is 27.5 Å². The molecular formula is C20H15N3O4. The third-order valence-corrected chi connectivity index (χ3v) is 4.33. The smallest absolute Gasteiger partial charge is 0.323 e. The molecule has 0 aliphatic carbocycles. The number of benzene rings is 2. The fraction of sp³-hybridized carbons (Fsp3) is 0.0500. The van der Waals surface area contributed by atoms with Crippen molar-refractivity contribution in [2.45, 2.75) is 6.54 Å². The minimum Gasteiger partial charge on any atom is -0.480 e. The predicted octanol–water partition coefficient (Wildman–Crippen LogP) is 2.19. The topological polar surface area (TPSA) is 91.6 Å². The van der Waals surface area contributed by atoms with E-state index >= 15 is 0 Å². The number of carboxylic acid groups (broad SMARTS) is 1. The SMILES string of the molecule is O=C(O)Cn1cc(/C=C2/C(=O)NN(c3ccccc3)C2=O)c2ccccc21. The fourth-order valence-electron chi connectivity index (χ4n) is 3.14. The van der Waals surface area contributed by atoms with E-state index in [1.807, 2.05) is 24.3 Å². The number of rotatable bonds is 4. The number of hydrazine groups is 1. The molecule has 2 heterocycles. The van der Waals surface area contributed by atoms with Crippen molar-refractivity contribution in [2.24, 2.45) is 0 Å². The minimum absolute atomic E-state index is 0.00270. The van der Waals surface area contributed by atoms with Crippen LogP contribution < -0.4 is 10.4 Å². The molecule has 134 valence electrons. The molecule has 0 radical (unpaired) electrons. The lowest BCUT2D eigenvalue weighted by Crippen LogP contribution is -2.35. The first-order valence-corrected chi connectivity index (χ1v) is 8.26. The van der Waals surface area contributed by atoms with Crippen LogP contribution in [0.4, 0.5) is 5.69 Å². The number of anilines is 1. The van der Waals surface area contributed by atoms with Crippen LogP contribution in [0.2, 0.25) is 0 Å². The second-order valence-corrected chi connectivity index (χ2v) is 6.10. The molecule has 0 spiro atoms. The fourth-order valence-corrected chi connectivity index (χ4v) is 3.14. The van der Waals surface area contributed by atoms with Gasteiger partial charge < -0.3 is 9.67 Å². The number of carboxylic acids is 1. The Morgan fingerprint density at radius 1 is 1.04 bits per heavy atom. The molecule has 0 unspecified atom stereocenters. The van der Waals surface area contributed by atoms with Gasteiger partial charge in [-0.25, -0.2) is 5.01 Å². The Morgan fingerprint density at radius 3 is 2.48 bits per heavy atom. The van der Waals surface area contributed by atoms with Crippen LogP contribution in [0.1, 0.15) is 5.56 Å². The largest absolute Gasteiger partial charge is 0.480 e. The summed E-state index contributed by atoms with van der Waals surface area (Å²) in [6, 6.07) is 16.1. The third kappa shape index (κ3) is 2.95. The van der Waals surface area contributed by atoms with Gasteiger partial charge in [-0.3, -0.25) is 19.8 Å². The quantitative estimate of drug-likeness (QED) is 0.550. The van der Waals surface area contributed by atoms with Gasteiger partial charge in [0.2, 0.25) is 0 Å². The first-order valence-electron chi connectivity index (χ1n) is 8.26. The molecule has 2 amide bonds. The van der Waals surface area contributed by atoms with E-state index < -0.39 is 17.8 Å². The van der Waals surface area contributed by atoms with Crippen LogP contribution in [0.25, 0.3) is 17.0 Å². The second kappa shape index (κ2) is 6.45. The first kappa shape index (κ1) is 16.6. The van der Waals surface area contributed by atoms with Gasteiger partial charge in [-0.15, -0.1) is 0 Å². The number of hydrogen-bond acceptors (Lipinski definition) is 3. The molecule has 1 aliphatic rings. The third-order valence-electron chi connectivity index (χ3n) is 4.33. The van der Waals surface area contributed by atoms with E-state index in [9.17, 15) is 14.4 Å². The van der Waals surface area contributed by atoms with Crippen LogP contribution in [0, 0.1) is 0 Å². The van der Waals surface area contributed by atoms with Crippen LogP contribution >= 0.6 is 0 Å². The van der Waals surface area contributed by atoms with Crippen LogP contribution in [0.3, 0.4) is 0 Å². The molecule has 1 aromatic heterocycles. The highest BCUT2D eigenvalue weighted by Gasteiger charge is 2.34. The molecular weight excluding hydrogens is 346 g/mol. The van der Waals surface area contributed by atoms with Gasteiger partial charge in [-0.05, 0) is 24.3 Å². The van der Waals surface area contributed by atoms with Gasteiger partial charge >= 0.3 is 5.97 Å². The Labute approximate surface area is 154 Å². The van der Waals surface area contributed by atoms with Gasteiger partial charge in [0, 0.05) is 22.7 Å². The Morgan fingerprint density at radius 2 is 1.74 bits per heavy atom. The molecule has 1 aliphatic heterocycles. The van der Waals surface area contributed by atoms with Gasteiger partial charge in [0.25, 0.3) is 11.8 Å². The summed E-state index contributed by atoms with van der Waals surface area (Å²) in [6.07, 6.45) is 3.14. The van der Waals surface area contributed by atoms with Gasteiger partial charge in [-0.2, -0.15) is 0 Å². The molecule has 7 heteroatoms. The molecule has 27 heavy (non-hydrogen) atoms. The average Bonchev–Trinajstić information content (AvgIpc) is 3.15. The summed E-state index contributed by atoms with van der Waals surface area (Å²) in [6.45, 7) is -0.208. The number of aromatic nitrogens is 1. The van der Waals surface area contributed by atoms with E-state index in [2.05, 4.69) is 5.43 Å². The van der Waals surface area contributed by atoms with Crippen LogP contribution in [0.15, 0.2) is 66.4 Å². The predicted molar refractivity (Wildman–Crippen MR) is 99.6 cm³/mol. The lowest BCUT2D eigenvalue weighted by molar-refractivity contribution is -0.137. The molecule has 1 saturated heterocycles. The molecule has 2 aromatic carbocycles. The number of carbonyl (C=O) groups excluding carboxylic acids is 2. The summed E-state index contributed by atoms with van der Waals surface area (Å²) in [5.41, 5.74) is 4.44. The lowest BCUT2D eigenvalue weighted by atomic mass is 10.1. The molecule has 0 bridgehead atoms. The second-order valence-electron chi connectivity index (χ2n) is 6.10. The number of hydrogen-bond donors (Lipinski definition) is 2. The monoisotopic (exact) mass is 361 g/mol. The molecule has 7 nitrogen and oxygen atoms in total. The summed E-state index contributed by atoms with van der Waals surface area (Å²) in [4.78, 5) is 36.2. The van der Waals surface area contributed by atoms with Crippen LogP contribution in [-0.2, 0) is 20.9 Å².